The quantitative estimate of drug-likeness (QED) is 0.668. The third-order valence-corrected chi connectivity index (χ3v) is 2.37. The van der Waals surface area contributed by atoms with Crippen LogP contribution in [0.25, 0.3) is 0 Å². The van der Waals surface area contributed by atoms with E-state index < -0.39 is 0 Å². The molecule has 0 spiro atoms. The summed E-state index contributed by atoms with van der Waals surface area (Å²) in [6.07, 6.45) is 10.9. The highest BCUT2D eigenvalue weighted by molar-refractivity contribution is 5.13. The third-order valence-electron chi connectivity index (χ3n) is 2.37. The van der Waals surface area contributed by atoms with Gasteiger partial charge in [-0.3, -0.25) is 0 Å². The molecule has 0 atom stereocenters. The summed E-state index contributed by atoms with van der Waals surface area (Å²) in [7, 11) is 0. The predicted molar refractivity (Wildman–Crippen MR) is 59.2 cm³/mol. The van der Waals surface area contributed by atoms with E-state index >= 15 is 0 Å². The van der Waals surface area contributed by atoms with Gasteiger partial charge in [-0.2, -0.15) is 5.26 Å². The minimum atomic E-state index is 0.254. The van der Waals surface area contributed by atoms with Gasteiger partial charge in [0.2, 0.25) is 5.82 Å². The van der Waals surface area contributed by atoms with Gasteiger partial charge in [0, 0.05) is 12.4 Å². The summed E-state index contributed by atoms with van der Waals surface area (Å²) in [4.78, 5) is 7.88. The first kappa shape index (κ1) is 11.6. The van der Waals surface area contributed by atoms with E-state index in [0.717, 1.165) is 12.0 Å². The first-order valence-corrected chi connectivity index (χ1v) is 5.58. The SMILES string of the molecule is CCCCCCCc1cnc(C#N)nc1. The molecule has 1 aromatic rings. The summed E-state index contributed by atoms with van der Waals surface area (Å²) in [5.41, 5.74) is 1.13. The third kappa shape index (κ3) is 4.55. The van der Waals surface area contributed by atoms with Crippen molar-refractivity contribution in [3.05, 3.63) is 23.8 Å². The highest BCUT2D eigenvalue weighted by Crippen LogP contribution is 2.07. The van der Waals surface area contributed by atoms with Crippen molar-refractivity contribution in [2.24, 2.45) is 0 Å². The summed E-state index contributed by atoms with van der Waals surface area (Å²) in [5.74, 6) is 0.254. The number of nitrogens with zero attached hydrogens (tertiary/aromatic N) is 3. The molecule has 0 unspecified atom stereocenters. The molecule has 0 saturated heterocycles. The molecule has 0 fully saturated rings. The van der Waals surface area contributed by atoms with Gasteiger partial charge in [0.25, 0.3) is 0 Å². The van der Waals surface area contributed by atoms with Gasteiger partial charge in [0.15, 0.2) is 0 Å². The number of nitriles is 1. The van der Waals surface area contributed by atoms with E-state index in [0.29, 0.717) is 0 Å². The van der Waals surface area contributed by atoms with Crippen LogP contribution in [-0.4, -0.2) is 9.97 Å². The van der Waals surface area contributed by atoms with Gasteiger partial charge < -0.3 is 0 Å². The maximum Gasteiger partial charge on any atom is 0.232 e. The second-order valence-corrected chi connectivity index (χ2v) is 3.69. The lowest BCUT2D eigenvalue weighted by Gasteiger charge is -2.00. The normalized spacial score (nSPS) is 9.87. The van der Waals surface area contributed by atoms with Crippen molar-refractivity contribution in [2.75, 3.05) is 0 Å². The zero-order chi connectivity index (χ0) is 10.9. The van der Waals surface area contributed by atoms with Crippen molar-refractivity contribution in [2.45, 2.75) is 45.4 Å². The Balaban J connectivity index is 2.23. The highest BCUT2D eigenvalue weighted by Gasteiger charge is 1.96. The molecule has 0 saturated carbocycles. The molecule has 0 radical (unpaired) electrons. The number of rotatable bonds is 6. The van der Waals surface area contributed by atoms with Crippen LogP contribution in [0.1, 0.15) is 50.4 Å². The Morgan fingerprint density at radius 1 is 1.13 bits per heavy atom. The maximum absolute atomic E-state index is 8.53. The molecule has 15 heavy (non-hydrogen) atoms. The van der Waals surface area contributed by atoms with Crippen LogP contribution in [0.3, 0.4) is 0 Å². The topological polar surface area (TPSA) is 49.6 Å². The molecule has 3 nitrogen and oxygen atoms in total. The van der Waals surface area contributed by atoms with Crippen LogP contribution in [-0.2, 0) is 6.42 Å². The Labute approximate surface area is 91.2 Å². The molecule has 0 N–H and O–H groups in total. The average molecular weight is 203 g/mol. The summed E-state index contributed by atoms with van der Waals surface area (Å²) < 4.78 is 0. The molecule has 0 aliphatic carbocycles. The van der Waals surface area contributed by atoms with Gasteiger partial charge in [-0.15, -0.1) is 0 Å². The van der Waals surface area contributed by atoms with Gasteiger partial charge in [-0.05, 0) is 18.4 Å². The Morgan fingerprint density at radius 2 is 1.80 bits per heavy atom. The predicted octanol–water partition coefficient (Wildman–Crippen LogP) is 2.86. The minimum Gasteiger partial charge on any atom is -0.227 e. The Kier molecular flexibility index (Phi) is 5.39. The molecule has 0 amide bonds. The monoisotopic (exact) mass is 203 g/mol. The van der Waals surface area contributed by atoms with Crippen LogP contribution in [0.15, 0.2) is 12.4 Å². The Hall–Kier alpha value is -1.43. The summed E-state index contributed by atoms with van der Waals surface area (Å²) in [6, 6.07) is 1.92. The van der Waals surface area contributed by atoms with E-state index in [9.17, 15) is 0 Å². The van der Waals surface area contributed by atoms with Crippen molar-refractivity contribution < 1.29 is 0 Å². The lowest BCUT2D eigenvalue weighted by atomic mass is 10.1. The van der Waals surface area contributed by atoms with Crippen molar-refractivity contribution in [3.63, 3.8) is 0 Å². The molecule has 0 aliphatic heterocycles. The fourth-order valence-corrected chi connectivity index (χ4v) is 1.47. The molecule has 0 aromatic carbocycles. The molecule has 80 valence electrons. The number of hydrogen-bond acceptors (Lipinski definition) is 3. The standard InChI is InChI=1S/C12H17N3/c1-2-3-4-5-6-7-11-9-14-12(8-13)15-10-11/h9-10H,2-7H2,1H3. The van der Waals surface area contributed by atoms with Crippen LogP contribution in [0.2, 0.25) is 0 Å². The molecule has 1 heterocycles. The molecule has 0 aliphatic rings. The first-order chi connectivity index (χ1) is 7.36. The van der Waals surface area contributed by atoms with Crippen molar-refractivity contribution >= 4 is 0 Å². The zero-order valence-electron chi connectivity index (χ0n) is 9.24. The number of hydrogen-bond donors (Lipinski definition) is 0. The molecule has 1 aromatic heterocycles. The molecular formula is C12H17N3. The number of unbranched alkanes of at least 4 members (excludes halogenated alkanes) is 4. The second kappa shape index (κ2) is 6.94. The Bertz CT molecular complexity index is 311. The number of aryl methyl sites for hydroxylation is 1. The first-order valence-electron chi connectivity index (χ1n) is 5.58. The molecule has 0 bridgehead atoms. The van der Waals surface area contributed by atoms with Crippen LogP contribution < -0.4 is 0 Å². The lowest BCUT2D eigenvalue weighted by molar-refractivity contribution is 0.631. The van der Waals surface area contributed by atoms with Gasteiger partial charge in [0.05, 0.1) is 0 Å². The van der Waals surface area contributed by atoms with E-state index in [2.05, 4.69) is 16.9 Å². The van der Waals surface area contributed by atoms with Crippen LogP contribution >= 0.6 is 0 Å². The van der Waals surface area contributed by atoms with Crippen molar-refractivity contribution in [1.29, 1.82) is 5.26 Å². The summed E-state index contributed by atoms with van der Waals surface area (Å²) in [5, 5.41) is 8.53. The molecule has 1 rings (SSSR count). The number of aromatic nitrogens is 2. The second-order valence-electron chi connectivity index (χ2n) is 3.69. The Morgan fingerprint density at radius 3 is 2.40 bits per heavy atom. The van der Waals surface area contributed by atoms with Crippen molar-refractivity contribution in [1.82, 2.24) is 9.97 Å². The summed E-state index contributed by atoms with van der Waals surface area (Å²) >= 11 is 0. The van der Waals surface area contributed by atoms with Crippen LogP contribution in [0.4, 0.5) is 0 Å². The van der Waals surface area contributed by atoms with Gasteiger partial charge >= 0.3 is 0 Å². The van der Waals surface area contributed by atoms with E-state index in [1.807, 2.05) is 6.07 Å². The fraction of sp³-hybridized carbons (Fsp3) is 0.583. The molecule has 3 heteroatoms. The van der Waals surface area contributed by atoms with Crippen LogP contribution in [0.5, 0.6) is 0 Å². The average Bonchev–Trinajstić information content (AvgIpc) is 2.30. The van der Waals surface area contributed by atoms with Crippen LogP contribution in [0, 0.1) is 11.3 Å². The smallest absolute Gasteiger partial charge is 0.227 e. The van der Waals surface area contributed by atoms with Gasteiger partial charge in [0.1, 0.15) is 6.07 Å². The molecular weight excluding hydrogens is 186 g/mol. The van der Waals surface area contributed by atoms with Crippen molar-refractivity contribution in [3.8, 4) is 6.07 Å². The van der Waals surface area contributed by atoms with E-state index in [4.69, 9.17) is 5.26 Å². The van der Waals surface area contributed by atoms with Gasteiger partial charge in [-0.25, -0.2) is 9.97 Å². The van der Waals surface area contributed by atoms with Gasteiger partial charge in [-0.1, -0.05) is 32.6 Å². The van der Waals surface area contributed by atoms with E-state index in [-0.39, 0.29) is 5.82 Å². The maximum atomic E-state index is 8.53. The fourth-order valence-electron chi connectivity index (χ4n) is 1.47. The highest BCUT2D eigenvalue weighted by atomic mass is 14.9. The van der Waals surface area contributed by atoms with E-state index in [1.54, 1.807) is 12.4 Å². The lowest BCUT2D eigenvalue weighted by Crippen LogP contribution is -1.92. The largest absolute Gasteiger partial charge is 0.232 e. The zero-order valence-corrected chi connectivity index (χ0v) is 9.24. The minimum absolute atomic E-state index is 0.254. The summed E-state index contributed by atoms with van der Waals surface area (Å²) in [6.45, 7) is 2.22. The van der Waals surface area contributed by atoms with E-state index in [1.165, 1.54) is 32.1 Å².